The Morgan fingerprint density at radius 2 is 1.97 bits per heavy atom. The number of alkyl halides is 3. The van der Waals surface area contributed by atoms with Crippen molar-refractivity contribution in [3.05, 3.63) is 70.9 Å². The summed E-state index contributed by atoms with van der Waals surface area (Å²) in [4.78, 5) is 19.3. The van der Waals surface area contributed by atoms with Gasteiger partial charge < -0.3 is 14.6 Å². The minimum absolute atomic E-state index is 0.0386. The zero-order valence-electron chi connectivity index (χ0n) is 21.2. The summed E-state index contributed by atoms with van der Waals surface area (Å²) in [7, 11) is 1.59. The van der Waals surface area contributed by atoms with Gasteiger partial charge in [-0.1, -0.05) is 31.9 Å². The highest BCUT2D eigenvalue weighted by Crippen LogP contribution is 2.34. The lowest BCUT2D eigenvalue weighted by Crippen LogP contribution is -2.42. The van der Waals surface area contributed by atoms with Crippen LogP contribution in [0.5, 0.6) is 5.75 Å². The summed E-state index contributed by atoms with van der Waals surface area (Å²) in [5, 5.41) is 13.8. The molecule has 1 aliphatic rings. The van der Waals surface area contributed by atoms with Crippen molar-refractivity contribution >= 4 is 12.1 Å². The van der Waals surface area contributed by atoms with E-state index in [1.54, 1.807) is 41.0 Å². The summed E-state index contributed by atoms with van der Waals surface area (Å²) in [6.07, 6.45) is -0.148. The van der Waals surface area contributed by atoms with Crippen molar-refractivity contribution in [1.29, 1.82) is 5.26 Å². The van der Waals surface area contributed by atoms with Crippen LogP contribution in [0.3, 0.4) is 0 Å². The van der Waals surface area contributed by atoms with Crippen molar-refractivity contribution in [3.63, 3.8) is 0 Å². The maximum absolute atomic E-state index is 13.5. The maximum Gasteiger partial charge on any atom is 0.573 e. The normalized spacial score (nSPS) is 15.5. The van der Waals surface area contributed by atoms with Gasteiger partial charge in [0.2, 0.25) is 0 Å². The van der Waals surface area contributed by atoms with Crippen molar-refractivity contribution in [2.24, 2.45) is 4.99 Å². The van der Waals surface area contributed by atoms with E-state index in [1.165, 1.54) is 18.2 Å². The third kappa shape index (κ3) is 6.22. The molecule has 0 saturated carbocycles. The molecule has 38 heavy (non-hydrogen) atoms. The second kappa shape index (κ2) is 11.5. The molecule has 1 atom stereocenters. The zero-order valence-corrected chi connectivity index (χ0v) is 21.2. The second-order valence-corrected chi connectivity index (χ2v) is 9.16. The standard InChI is InChI=1S/C28H28F3N5O2/c1-3-4-5-22-18-35(17-20-8-6-19(16-32)7-9-20)27(37)26-15-25(34-36(22)26)24-11-10-23(38-28(29,30)31)14-21(24)12-13-33-2/h6-11,13-15,22H,3-5,12,17-18H2,1-2H3. The molecule has 4 rings (SSSR count). The number of fused-ring (bicyclic) bond motifs is 1. The Hall–Kier alpha value is -4.13. The summed E-state index contributed by atoms with van der Waals surface area (Å²) in [5.74, 6) is -0.496. The number of amides is 1. The number of hydrogen-bond acceptors (Lipinski definition) is 5. The minimum Gasteiger partial charge on any atom is -0.406 e. The number of aromatic nitrogens is 2. The van der Waals surface area contributed by atoms with Gasteiger partial charge >= 0.3 is 6.36 Å². The molecule has 10 heteroatoms. The van der Waals surface area contributed by atoms with E-state index in [1.807, 2.05) is 12.1 Å². The molecule has 2 heterocycles. The lowest BCUT2D eigenvalue weighted by Gasteiger charge is -2.33. The van der Waals surface area contributed by atoms with Crippen LogP contribution in [0.2, 0.25) is 0 Å². The van der Waals surface area contributed by atoms with E-state index < -0.39 is 6.36 Å². The molecule has 0 aliphatic carbocycles. The van der Waals surface area contributed by atoms with E-state index in [0.717, 1.165) is 24.8 Å². The Labute approximate surface area is 219 Å². The van der Waals surface area contributed by atoms with E-state index in [0.29, 0.717) is 41.2 Å². The van der Waals surface area contributed by atoms with Gasteiger partial charge in [0, 0.05) is 38.3 Å². The fourth-order valence-electron chi connectivity index (χ4n) is 4.61. The molecule has 198 valence electrons. The Kier molecular flexibility index (Phi) is 8.15. The van der Waals surface area contributed by atoms with E-state index in [-0.39, 0.29) is 24.1 Å². The number of carbonyl (C=O) groups excluding carboxylic acids is 1. The third-order valence-electron chi connectivity index (χ3n) is 6.45. The molecule has 1 aromatic heterocycles. The molecule has 0 fully saturated rings. The maximum atomic E-state index is 13.5. The lowest BCUT2D eigenvalue weighted by molar-refractivity contribution is -0.274. The molecule has 1 unspecified atom stereocenters. The highest BCUT2D eigenvalue weighted by Gasteiger charge is 2.34. The Morgan fingerprint density at radius 3 is 2.63 bits per heavy atom. The molecule has 1 aliphatic heterocycles. The first-order valence-corrected chi connectivity index (χ1v) is 12.4. The fourth-order valence-corrected chi connectivity index (χ4v) is 4.61. The summed E-state index contributed by atoms with van der Waals surface area (Å²) < 4.78 is 44.3. The minimum atomic E-state index is -4.80. The van der Waals surface area contributed by atoms with Gasteiger partial charge in [0.05, 0.1) is 23.4 Å². The van der Waals surface area contributed by atoms with Gasteiger partial charge in [-0.3, -0.25) is 9.48 Å². The number of halogens is 3. The van der Waals surface area contributed by atoms with E-state index in [9.17, 15) is 18.0 Å². The molecule has 0 radical (unpaired) electrons. The van der Waals surface area contributed by atoms with Crippen LogP contribution >= 0.6 is 0 Å². The second-order valence-electron chi connectivity index (χ2n) is 9.16. The fraction of sp³-hybridized carbons (Fsp3) is 0.357. The monoisotopic (exact) mass is 523 g/mol. The van der Waals surface area contributed by atoms with Gasteiger partial charge in [-0.05, 0) is 53.9 Å². The zero-order chi connectivity index (χ0) is 27.3. The van der Waals surface area contributed by atoms with Crippen molar-refractivity contribution in [2.75, 3.05) is 13.6 Å². The van der Waals surface area contributed by atoms with Gasteiger partial charge in [0.15, 0.2) is 0 Å². The number of carbonyl (C=O) groups is 1. The van der Waals surface area contributed by atoms with Gasteiger partial charge in [-0.2, -0.15) is 10.4 Å². The number of hydrogen-bond donors (Lipinski definition) is 0. The van der Waals surface area contributed by atoms with E-state index in [2.05, 4.69) is 22.7 Å². The summed E-state index contributed by atoms with van der Waals surface area (Å²) in [6, 6.07) is 15.0. The van der Waals surface area contributed by atoms with Gasteiger partial charge in [-0.25, -0.2) is 0 Å². The predicted molar refractivity (Wildman–Crippen MR) is 137 cm³/mol. The van der Waals surface area contributed by atoms with Crippen LogP contribution in [-0.4, -0.2) is 46.8 Å². The van der Waals surface area contributed by atoms with Gasteiger partial charge in [0.25, 0.3) is 5.91 Å². The highest BCUT2D eigenvalue weighted by atomic mass is 19.4. The van der Waals surface area contributed by atoms with Crippen LogP contribution < -0.4 is 4.74 Å². The molecular weight excluding hydrogens is 495 g/mol. The first-order chi connectivity index (χ1) is 18.2. The molecule has 1 amide bonds. The van der Waals surface area contributed by atoms with Crippen LogP contribution in [0.15, 0.2) is 53.5 Å². The van der Waals surface area contributed by atoms with E-state index >= 15 is 0 Å². The average Bonchev–Trinajstić information content (AvgIpc) is 3.34. The molecule has 0 bridgehead atoms. The largest absolute Gasteiger partial charge is 0.573 e. The lowest BCUT2D eigenvalue weighted by atomic mass is 10.0. The first kappa shape index (κ1) is 26.9. The number of ether oxygens (including phenoxy) is 1. The summed E-state index contributed by atoms with van der Waals surface area (Å²) >= 11 is 0. The van der Waals surface area contributed by atoms with Crippen LogP contribution in [0.25, 0.3) is 11.3 Å². The average molecular weight is 524 g/mol. The topological polar surface area (TPSA) is 83.5 Å². The van der Waals surface area contributed by atoms with Crippen molar-refractivity contribution in [2.45, 2.75) is 51.6 Å². The number of benzene rings is 2. The predicted octanol–water partition coefficient (Wildman–Crippen LogP) is 5.95. The number of nitrogens with zero attached hydrogens (tertiary/aromatic N) is 5. The van der Waals surface area contributed by atoms with Crippen LogP contribution in [0, 0.1) is 11.3 Å². The Balaban J connectivity index is 1.69. The Morgan fingerprint density at radius 1 is 1.21 bits per heavy atom. The molecule has 0 N–H and O–H groups in total. The number of aliphatic imine (C=N–C) groups is 1. The molecule has 7 nitrogen and oxygen atoms in total. The Bertz CT molecular complexity index is 1360. The smallest absolute Gasteiger partial charge is 0.406 e. The summed E-state index contributed by atoms with van der Waals surface area (Å²) in [5.41, 5.74) is 3.58. The van der Waals surface area contributed by atoms with Gasteiger partial charge in [-0.15, -0.1) is 13.2 Å². The number of unbranched alkanes of at least 4 members (excludes halogenated alkanes) is 1. The molecule has 0 spiro atoms. The molecule has 0 saturated heterocycles. The SMILES string of the molecule is CCCCC1CN(Cc2ccc(C#N)cc2)C(=O)c2cc(-c3ccc(OC(F)(F)F)cc3CC=NC)nn21. The van der Waals surface area contributed by atoms with Crippen LogP contribution in [-0.2, 0) is 13.0 Å². The van der Waals surface area contributed by atoms with Crippen molar-refractivity contribution in [1.82, 2.24) is 14.7 Å². The molecule has 3 aromatic rings. The summed E-state index contributed by atoms with van der Waals surface area (Å²) in [6.45, 7) is 2.99. The van der Waals surface area contributed by atoms with Crippen molar-refractivity contribution < 1.29 is 22.7 Å². The van der Waals surface area contributed by atoms with Crippen LogP contribution in [0.1, 0.15) is 59.4 Å². The quantitative estimate of drug-likeness (QED) is 0.325. The molecular formula is C28H28F3N5O2. The third-order valence-corrected chi connectivity index (χ3v) is 6.45. The van der Waals surface area contributed by atoms with Crippen LogP contribution in [0.4, 0.5) is 13.2 Å². The van der Waals surface area contributed by atoms with Crippen molar-refractivity contribution in [3.8, 4) is 23.1 Å². The number of nitriles is 1. The highest BCUT2D eigenvalue weighted by molar-refractivity contribution is 5.94. The van der Waals surface area contributed by atoms with E-state index in [4.69, 9.17) is 10.4 Å². The van der Waals surface area contributed by atoms with Gasteiger partial charge in [0.1, 0.15) is 11.4 Å². The first-order valence-electron chi connectivity index (χ1n) is 12.4. The molecule has 2 aromatic carbocycles. The number of rotatable bonds is 9.